The minimum absolute atomic E-state index is 0.0621. The number of ether oxygens (including phenoxy) is 3. The van der Waals surface area contributed by atoms with Crippen LogP contribution in [0.5, 0.6) is 0 Å². The summed E-state index contributed by atoms with van der Waals surface area (Å²) >= 11 is 0. The lowest BCUT2D eigenvalue weighted by molar-refractivity contribution is -0.322. The number of rotatable bonds is 16. The Bertz CT molecular complexity index is 665. The predicted octanol–water partition coefficient (Wildman–Crippen LogP) is 0.517. The zero-order valence-corrected chi connectivity index (χ0v) is 22.8. The molecule has 0 amide bonds. The van der Waals surface area contributed by atoms with Gasteiger partial charge in [-0.2, -0.15) is 0 Å². The first-order valence-corrected chi connectivity index (χ1v) is 14.3. The average Bonchev–Trinajstić information content (AvgIpc) is 2.89. The molecule has 224 valence electrons. The highest BCUT2D eigenvalue weighted by molar-refractivity contribution is 5.69. The van der Waals surface area contributed by atoms with Crippen molar-refractivity contribution in [2.24, 2.45) is 5.92 Å². The lowest BCUT2D eigenvalue weighted by Crippen LogP contribution is -2.67. The fourth-order valence-corrected chi connectivity index (χ4v) is 5.10. The van der Waals surface area contributed by atoms with Crippen molar-refractivity contribution in [3.05, 3.63) is 0 Å². The minimum Gasteiger partial charge on any atom is -0.457 e. The van der Waals surface area contributed by atoms with Gasteiger partial charge in [0.05, 0.1) is 6.61 Å². The normalized spacial score (nSPS) is 36.7. The molecule has 2 aliphatic rings. The SMILES string of the molecule is CCCCCC(C)CCCCCCCCC(=O)O[C@@H]1[C@H](O)[C@@H](O)[C@H](O)[C@@H](O)[C@@H]1O[C@@H]1OC[C@@H](O)[C@H](O)[C@H]1O. The monoisotopic (exact) mass is 550 g/mol. The number of aliphatic hydroxyl groups excluding tert-OH is 7. The third-order valence-corrected chi connectivity index (χ3v) is 7.69. The van der Waals surface area contributed by atoms with Crippen LogP contribution in [0.2, 0.25) is 0 Å². The van der Waals surface area contributed by atoms with Crippen LogP contribution in [0.3, 0.4) is 0 Å². The average molecular weight is 551 g/mol. The summed E-state index contributed by atoms with van der Waals surface area (Å²) in [4.78, 5) is 12.5. The summed E-state index contributed by atoms with van der Waals surface area (Å²) in [7, 11) is 0. The largest absolute Gasteiger partial charge is 0.457 e. The van der Waals surface area contributed by atoms with Crippen molar-refractivity contribution in [2.75, 3.05) is 6.61 Å². The van der Waals surface area contributed by atoms with Crippen molar-refractivity contribution in [1.29, 1.82) is 0 Å². The molecule has 1 saturated heterocycles. The van der Waals surface area contributed by atoms with E-state index in [9.17, 15) is 40.5 Å². The quantitative estimate of drug-likeness (QED) is 0.105. The number of aliphatic hydroxyl groups is 7. The van der Waals surface area contributed by atoms with Crippen LogP contribution in [0, 0.1) is 5.92 Å². The molecule has 0 spiro atoms. The molecule has 11 nitrogen and oxygen atoms in total. The molecule has 11 heteroatoms. The molecule has 0 aromatic heterocycles. The van der Waals surface area contributed by atoms with E-state index < -0.39 is 67.2 Å². The molecule has 0 aromatic rings. The van der Waals surface area contributed by atoms with E-state index in [-0.39, 0.29) is 13.0 Å². The summed E-state index contributed by atoms with van der Waals surface area (Å²) in [5.74, 6) is 0.0990. The first-order chi connectivity index (χ1) is 18.1. The van der Waals surface area contributed by atoms with Gasteiger partial charge >= 0.3 is 5.97 Å². The Labute approximate surface area is 225 Å². The molecule has 0 radical (unpaired) electrons. The van der Waals surface area contributed by atoms with Gasteiger partial charge in [-0.05, 0) is 12.3 Å². The van der Waals surface area contributed by atoms with Gasteiger partial charge in [0.25, 0.3) is 0 Å². The van der Waals surface area contributed by atoms with Gasteiger partial charge in [0, 0.05) is 6.42 Å². The fraction of sp³-hybridized carbons (Fsp3) is 0.963. The third kappa shape index (κ3) is 9.94. The lowest BCUT2D eigenvalue weighted by Gasteiger charge is -2.45. The minimum atomic E-state index is -1.82. The van der Waals surface area contributed by atoms with Crippen molar-refractivity contribution in [3.8, 4) is 0 Å². The number of unbranched alkanes of at least 4 members (excludes halogenated alkanes) is 7. The number of hydrogen-bond acceptors (Lipinski definition) is 11. The summed E-state index contributed by atoms with van der Waals surface area (Å²) in [6.45, 7) is 4.16. The van der Waals surface area contributed by atoms with Crippen molar-refractivity contribution in [3.63, 3.8) is 0 Å². The van der Waals surface area contributed by atoms with Gasteiger partial charge in [-0.1, -0.05) is 78.1 Å². The van der Waals surface area contributed by atoms with Crippen LogP contribution >= 0.6 is 0 Å². The van der Waals surface area contributed by atoms with Crippen LogP contribution < -0.4 is 0 Å². The number of esters is 1. The zero-order chi connectivity index (χ0) is 28.2. The Morgan fingerprint density at radius 1 is 0.737 bits per heavy atom. The Morgan fingerprint density at radius 2 is 1.29 bits per heavy atom. The standard InChI is InChI=1S/C27H50O11/c1-3-4-9-12-16(2)13-10-7-5-6-8-11-14-18(29)37-25-22(33)20(31)21(32)23(34)26(25)38-27-24(35)19(30)17(28)15-36-27/h16-17,19-28,30-35H,3-15H2,1-2H3/t16?,17-,19+,20+,21+,22-,23-,24-,25-,26+,27+/m1/s1. The molecule has 1 heterocycles. The summed E-state index contributed by atoms with van der Waals surface area (Å²) in [6.07, 6.45) is -4.18. The molecule has 1 aliphatic heterocycles. The number of carbonyl (C=O) groups excluding carboxylic acids is 1. The van der Waals surface area contributed by atoms with Crippen molar-refractivity contribution < 1.29 is 54.8 Å². The highest BCUT2D eigenvalue weighted by atomic mass is 16.7. The van der Waals surface area contributed by atoms with E-state index in [0.717, 1.165) is 31.6 Å². The van der Waals surface area contributed by atoms with E-state index in [1.807, 2.05) is 0 Å². The molecule has 1 unspecified atom stereocenters. The van der Waals surface area contributed by atoms with Crippen molar-refractivity contribution in [1.82, 2.24) is 0 Å². The number of carbonyl (C=O) groups is 1. The summed E-state index contributed by atoms with van der Waals surface area (Å²) in [6, 6.07) is 0. The van der Waals surface area contributed by atoms with E-state index in [1.165, 1.54) is 38.5 Å². The maximum absolute atomic E-state index is 12.5. The maximum Gasteiger partial charge on any atom is 0.306 e. The molecule has 2 fully saturated rings. The van der Waals surface area contributed by atoms with Crippen LogP contribution in [0.25, 0.3) is 0 Å². The van der Waals surface area contributed by atoms with Gasteiger partial charge in [0.2, 0.25) is 0 Å². The summed E-state index contributed by atoms with van der Waals surface area (Å²) < 4.78 is 16.0. The Kier molecular flexibility index (Phi) is 14.9. The zero-order valence-electron chi connectivity index (χ0n) is 22.8. The van der Waals surface area contributed by atoms with Gasteiger partial charge in [-0.25, -0.2) is 0 Å². The van der Waals surface area contributed by atoms with Crippen LogP contribution in [0.15, 0.2) is 0 Å². The topological polar surface area (TPSA) is 186 Å². The number of hydrogen-bond donors (Lipinski definition) is 7. The maximum atomic E-state index is 12.5. The molecular weight excluding hydrogens is 500 g/mol. The molecular formula is C27H50O11. The van der Waals surface area contributed by atoms with Crippen molar-refractivity contribution in [2.45, 2.75) is 152 Å². The molecule has 38 heavy (non-hydrogen) atoms. The molecule has 7 N–H and O–H groups in total. The van der Waals surface area contributed by atoms with E-state index in [2.05, 4.69) is 13.8 Å². The molecule has 1 aliphatic carbocycles. The van der Waals surface area contributed by atoms with E-state index in [1.54, 1.807) is 0 Å². The second-order valence-electron chi connectivity index (χ2n) is 11.0. The molecule has 1 saturated carbocycles. The van der Waals surface area contributed by atoms with E-state index in [0.29, 0.717) is 6.42 Å². The third-order valence-electron chi connectivity index (χ3n) is 7.69. The van der Waals surface area contributed by atoms with Crippen LogP contribution in [-0.2, 0) is 19.0 Å². The van der Waals surface area contributed by atoms with Gasteiger partial charge in [0.15, 0.2) is 12.4 Å². The Balaban J connectivity index is 1.76. The van der Waals surface area contributed by atoms with Crippen LogP contribution in [0.4, 0.5) is 0 Å². The van der Waals surface area contributed by atoms with Gasteiger partial charge in [0.1, 0.15) is 48.8 Å². The van der Waals surface area contributed by atoms with Crippen LogP contribution in [0.1, 0.15) is 90.9 Å². The molecule has 0 aromatic carbocycles. The smallest absolute Gasteiger partial charge is 0.306 e. The summed E-state index contributed by atoms with van der Waals surface area (Å²) in [5.41, 5.74) is 0. The highest BCUT2D eigenvalue weighted by Gasteiger charge is 2.53. The van der Waals surface area contributed by atoms with Crippen molar-refractivity contribution >= 4 is 5.97 Å². The van der Waals surface area contributed by atoms with E-state index >= 15 is 0 Å². The predicted molar refractivity (Wildman–Crippen MR) is 137 cm³/mol. The summed E-state index contributed by atoms with van der Waals surface area (Å²) in [5, 5.41) is 70.7. The lowest BCUT2D eigenvalue weighted by atomic mass is 9.84. The van der Waals surface area contributed by atoms with E-state index in [4.69, 9.17) is 14.2 Å². The van der Waals surface area contributed by atoms with Gasteiger partial charge in [-0.3, -0.25) is 4.79 Å². The Hall–Kier alpha value is -0.890. The first-order valence-electron chi connectivity index (χ1n) is 14.3. The van der Waals surface area contributed by atoms with Gasteiger partial charge in [-0.15, -0.1) is 0 Å². The first kappa shape index (κ1) is 33.3. The van der Waals surface area contributed by atoms with Gasteiger partial charge < -0.3 is 50.0 Å². The second kappa shape index (κ2) is 17.0. The Morgan fingerprint density at radius 3 is 1.92 bits per heavy atom. The highest BCUT2D eigenvalue weighted by Crippen LogP contribution is 2.30. The molecule has 11 atom stereocenters. The molecule has 2 rings (SSSR count). The fourth-order valence-electron chi connectivity index (χ4n) is 5.10. The molecule has 0 bridgehead atoms. The second-order valence-corrected chi connectivity index (χ2v) is 11.0. The van der Waals surface area contributed by atoms with Crippen LogP contribution in [-0.4, -0.2) is 110 Å².